The fourth-order valence-electron chi connectivity index (χ4n) is 1.55. The molecule has 2 amide bonds. The summed E-state index contributed by atoms with van der Waals surface area (Å²) in [6, 6.07) is 0. The molecule has 1 aliphatic heterocycles. The number of nitrogens with one attached hydrogen (secondary N) is 1. The summed E-state index contributed by atoms with van der Waals surface area (Å²) in [5.41, 5.74) is 0. The second kappa shape index (κ2) is 6.40. The normalized spacial score (nSPS) is 16.6. The molecule has 0 atom stereocenters. The molecule has 0 unspecified atom stereocenters. The Hall–Kier alpha value is -1.10. The minimum Gasteiger partial charge on any atom is -0.383 e. The molecule has 15 heavy (non-hydrogen) atoms. The van der Waals surface area contributed by atoms with Crippen molar-refractivity contribution in [2.75, 3.05) is 33.4 Å². The summed E-state index contributed by atoms with van der Waals surface area (Å²) in [7, 11) is 1.58. The summed E-state index contributed by atoms with van der Waals surface area (Å²) in [6.45, 7) is 1.89. The maximum absolute atomic E-state index is 11.4. The van der Waals surface area contributed by atoms with Gasteiger partial charge in [-0.3, -0.25) is 9.59 Å². The highest BCUT2D eigenvalue weighted by atomic mass is 16.5. The number of likely N-dealkylation sites (tertiary alicyclic amines) is 1. The van der Waals surface area contributed by atoms with Crippen molar-refractivity contribution in [1.29, 1.82) is 0 Å². The van der Waals surface area contributed by atoms with E-state index in [-0.39, 0.29) is 18.4 Å². The zero-order valence-electron chi connectivity index (χ0n) is 9.12. The van der Waals surface area contributed by atoms with Crippen LogP contribution in [0.2, 0.25) is 0 Å². The van der Waals surface area contributed by atoms with Crippen LogP contribution in [-0.2, 0) is 14.3 Å². The molecule has 5 heteroatoms. The first-order chi connectivity index (χ1) is 7.24. The molecule has 1 heterocycles. The second-order valence-corrected chi connectivity index (χ2v) is 3.62. The number of carbonyl (C=O) groups excluding carboxylic acids is 2. The van der Waals surface area contributed by atoms with Gasteiger partial charge in [-0.1, -0.05) is 0 Å². The summed E-state index contributed by atoms with van der Waals surface area (Å²) in [4.78, 5) is 24.4. The molecule has 0 radical (unpaired) electrons. The van der Waals surface area contributed by atoms with Crippen LogP contribution in [-0.4, -0.2) is 50.1 Å². The SMILES string of the molecule is COCCNC(=O)CN1CCCCC1=O. The average molecular weight is 214 g/mol. The zero-order valence-corrected chi connectivity index (χ0v) is 9.12. The van der Waals surface area contributed by atoms with E-state index in [1.54, 1.807) is 12.0 Å². The van der Waals surface area contributed by atoms with Crippen LogP contribution in [0.25, 0.3) is 0 Å². The molecule has 0 aliphatic carbocycles. The van der Waals surface area contributed by atoms with Gasteiger partial charge in [-0.2, -0.15) is 0 Å². The van der Waals surface area contributed by atoms with E-state index in [0.717, 1.165) is 12.8 Å². The van der Waals surface area contributed by atoms with Crippen molar-refractivity contribution in [3.63, 3.8) is 0 Å². The molecule has 1 rings (SSSR count). The monoisotopic (exact) mass is 214 g/mol. The lowest BCUT2D eigenvalue weighted by Gasteiger charge is -2.25. The van der Waals surface area contributed by atoms with E-state index in [9.17, 15) is 9.59 Å². The largest absolute Gasteiger partial charge is 0.383 e. The van der Waals surface area contributed by atoms with Gasteiger partial charge < -0.3 is 15.0 Å². The molecule has 0 bridgehead atoms. The number of methoxy groups -OCH3 is 1. The Morgan fingerprint density at radius 3 is 3.00 bits per heavy atom. The van der Waals surface area contributed by atoms with E-state index >= 15 is 0 Å². The number of carbonyl (C=O) groups is 2. The number of nitrogens with zero attached hydrogens (tertiary/aromatic N) is 1. The highest BCUT2D eigenvalue weighted by Gasteiger charge is 2.19. The Kier molecular flexibility index (Phi) is 5.10. The molecular weight excluding hydrogens is 196 g/mol. The number of rotatable bonds is 5. The fraction of sp³-hybridized carbons (Fsp3) is 0.800. The fourth-order valence-corrected chi connectivity index (χ4v) is 1.55. The molecule has 0 spiro atoms. The maximum Gasteiger partial charge on any atom is 0.239 e. The van der Waals surface area contributed by atoms with E-state index in [1.807, 2.05) is 0 Å². The van der Waals surface area contributed by atoms with Crippen LogP contribution in [0.1, 0.15) is 19.3 Å². The molecule has 0 saturated carbocycles. The number of piperidine rings is 1. The van der Waals surface area contributed by atoms with Gasteiger partial charge in [0.05, 0.1) is 13.2 Å². The summed E-state index contributed by atoms with van der Waals surface area (Å²) in [5.74, 6) is -0.0227. The first-order valence-electron chi connectivity index (χ1n) is 5.27. The van der Waals surface area contributed by atoms with Gasteiger partial charge in [-0.15, -0.1) is 0 Å². The molecular formula is C10H18N2O3. The van der Waals surface area contributed by atoms with E-state index in [4.69, 9.17) is 4.74 Å². The number of amides is 2. The molecule has 1 N–H and O–H groups in total. The molecule has 0 aromatic heterocycles. The lowest BCUT2D eigenvalue weighted by atomic mass is 10.1. The van der Waals surface area contributed by atoms with Gasteiger partial charge in [-0.25, -0.2) is 0 Å². The van der Waals surface area contributed by atoms with Crippen molar-refractivity contribution in [3.05, 3.63) is 0 Å². The molecule has 0 aromatic carbocycles. The quantitative estimate of drug-likeness (QED) is 0.643. The van der Waals surface area contributed by atoms with Crippen molar-refractivity contribution in [3.8, 4) is 0 Å². The molecule has 0 aromatic rings. The van der Waals surface area contributed by atoms with E-state index in [2.05, 4.69) is 5.32 Å². The number of hydrogen-bond donors (Lipinski definition) is 1. The first kappa shape index (κ1) is 12.0. The van der Waals surface area contributed by atoms with Gasteiger partial charge in [0.25, 0.3) is 0 Å². The minimum atomic E-state index is -0.109. The van der Waals surface area contributed by atoms with Gasteiger partial charge in [0.15, 0.2) is 0 Å². The third-order valence-electron chi connectivity index (χ3n) is 2.38. The van der Waals surface area contributed by atoms with Gasteiger partial charge in [0.2, 0.25) is 11.8 Å². The Morgan fingerprint density at radius 2 is 2.33 bits per heavy atom. The third kappa shape index (κ3) is 4.29. The van der Waals surface area contributed by atoms with E-state index < -0.39 is 0 Å². The van der Waals surface area contributed by atoms with Crippen molar-refractivity contribution in [1.82, 2.24) is 10.2 Å². The number of hydrogen-bond acceptors (Lipinski definition) is 3. The lowest BCUT2D eigenvalue weighted by molar-refractivity contribution is -0.137. The van der Waals surface area contributed by atoms with Gasteiger partial charge in [-0.05, 0) is 12.8 Å². The van der Waals surface area contributed by atoms with Crippen LogP contribution in [0.3, 0.4) is 0 Å². The summed E-state index contributed by atoms with van der Waals surface area (Å²) < 4.78 is 4.81. The molecule has 1 saturated heterocycles. The lowest BCUT2D eigenvalue weighted by Crippen LogP contribution is -2.43. The first-order valence-corrected chi connectivity index (χ1v) is 5.27. The van der Waals surface area contributed by atoms with Crippen LogP contribution in [0.15, 0.2) is 0 Å². The second-order valence-electron chi connectivity index (χ2n) is 3.62. The van der Waals surface area contributed by atoms with Crippen molar-refractivity contribution in [2.24, 2.45) is 0 Å². The summed E-state index contributed by atoms with van der Waals surface area (Å²) in [6.07, 6.45) is 2.52. The smallest absolute Gasteiger partial charge is 0.239 e. The molecule has 1 aliphatic rings. The van der Waals surface area contributed by atoms with Crippen molar-refractivity contribution >= 4 is 11.8 Å². The Balaban J connectivity index is 2.21. The Bertz CT molecular complexity index is 231. The van der Waals surface area contributed by atoms with Crippen LogP contribution in [0.5, 0.6) is 0 Å². The van der Waals surface area contributed by atoms with Gasteiger partial charge in [0.1, 0.15) is 0 Å². The predicted octanol–water partition coefficient (Wildman–Crippen LogP) is -0.238. The summed E-state index contributed by atoms with van der Waals surface area (Å²) >= 11 is 0. The van der Waals surface area contributed by atoms with Gasteiger partial charge >= 0.3 is 0 Å². The van der Waals surface area contributed by atoms with E-state index in [1.165, 1.54) is 0 Å². The molecule has 86 valence electrons. The topological polar surface area (TPSA) is 58.6 Å². The Morgan fingerprint density at radius 1 is 1.53 bits per heavy atom. The Labute approximate surface area is 89.8 Å². The minimum absolute atomic E-state index is 0.0862. The van der Waals surface area contributed by atoms with E-state index in [0.29, 0.717) is 26.1 Å². The zero-order chi connectivity index (χ0) is 11.1. The number of ether oxygens (including phenoxy) is 1. The third-order valence-corrected chi connectivity index (χ3v) is 2.38. The standard InChI is InChI=1S/C10H18N2O3/c1-15-7-5-11-9(13)8-12-6-3-2-4-10(12)14/h2-8H2,1H3,(H,11,13). The van der Waals surface area contributed by atoms with Gasteiger partial charge in [0, 0.05) is 26.6 Å². The molecule has 1 fully saturated rings. The highest BCUT2D eigenvalue weighted by Crippen LogP contribution is 2.09. The van der Waals surface area contributed by atoms with Crippen LogP contribution < -0.4 is 5.32 Å². The van der Waals surface area contributed by atoms with Crippen molar-refractivity contribution < 1.29 is 14.3 Å². The maximum atomic E-state index is 11.4. The molecule has 5 nitrogen and oxygen atoms in total. The van der Waals surface area contributed by atoms with Crippen LogP contribution >= 0.6 is 0 Å². The van der Waals surface area contributed by atoms with Crippen LogP contribution in [0, 0.1) is 0 Å². The average Bonchev–Trinajstić information content (AvgIpc) is 2.22. The highest BCUT2D eigenvalue weighted by molar-refractivity contribution is 5.85. The summed E-state index contributed by atoms with van der Waals surface area (Å²) in [5, 5.41) is 2.69. The van der Waals surface area contributed by atoms with Crippen molar-refractivity contribution in [2.45, 2.75) is 19.3 Å². The predicted molar refractivity (Wildman–Crippen MR) is 55.3 cm³/mol. The van der Waals surface area contributed by atoms with Crippen LogP contribution in [0.4, 0.5) is 0 Å².